The lowest BCUT2D eigenvalue weighted by Crippen LogP contribution is -2.16. The maximum Gasteiger partial charge on any atom is 0.0456 e. The van der Waals surface area contributed by atoms with Crippen LogP contribution >= 0.6 is 23.2 Å². The van der Waals surface area contributed by atoms with Gasteiger partial charge in [-0.2, -0.15) is 0 Å². The first kappa shape index (κ1) is 10.8. The van der Waals surface area contributed by atoms with Crippen LogP contribution in [0, 0.1) is 0 Å². The Bertz CT molecular complexity index is 271. The van der Waals surface area contributed by atoms with Crippen molar-refractivity contribution in [3.63, 3.8) is 0 Å². The molecule has 1 aromatic rings. The van der Waals surface area contributed by atoms with Gasteiger partial charge in [0, 0.05) is 16.6 Å². The third-order valence-corrected chi connectivity index (χ3v) is 2.55. The van der Waals surface area contributed by atoms with Gasteiger partial charge in [-0.1, -0.05) is 36.2 Å². The first-order valence-electron chi connectivity index (χ1n) is 3.97. The molecule has 0 radical (unpaired) electrons. The molecule has 0 spiro atoms. The molecule has 1 rings (SSSR count). The second-order valence-electron chi connectivity index (χ2n) is 2.90. The van der Waals surface area contributed by atoms with Gasteiger partial charge in [-0.05, 0) is 23.6 Å². The summed E-state index contributed by atoms with van der Waals surface area (Å²) in [7, 11) is 0. The van der Waals surface area contributed by atoms with E-state index < -0.39 is 0 Å². The Morgan fingerprint density at radius 1 is 1.38 bits per heavy atom. The maximum atomic E-state index is 8.54. The smallest absolute Gasteiger partial charge is 0.0456 e. The molecule has 72 valence electrons. The monoisotopic (exact) mass is 219 g/mol. The van der Waals surface area contributed by atoms with Crippen molar-refractivity contribution in [2.24, 2.45) is 0 Å². The van der Waals surface area contributed by atoms with Crippen molar-refractivity contribution >= 4 is 23.2 Å². The molecule has 0 fully saturated rings. The third kappa shape index (κ3) is 2.58. The van der Waals surface area contributed by atoms with Gasteiger partial charge < -0.3 is 5.21 Å². The Morgan fingerprint density at radius 2 is 1.92 bits per heavy atom. The fourth-order valence-electron chi connectivity index (χ4n) is 1.22. The van der Waals surface area contributed by atoms with E-state index in [1.807, 2.05) is 6.92 Å². The summed E-state index contributed by atoms with van der Waals surface area (Å²) >= 11 is 11.9. The van der Waals surface area contributed by atoms with Gasteiger partial charge in [0.2, 0.25) is 0 Å². The van der Waals surface area contributed by atoms with Gasteiger partial charge in [0.1, 0.15) is 0 Å². The standard InChI is InChI=1S/C9H11Cl2NO/c1-6(5-12-13)9-7(10)3-2-4-8(9)11/h2-4,6,12-13H,5H2,1H3. The predicted molar refractivity (Wildman–Crippen MR) is 54.7 cm³/mol. The molecule has 0 heterocycles. The molecule has 2 nitrogen and oxygen atoms in total. The van der Waals surface area contributed by atoms with Crippen molar-refractivity contribution in [2.45, 2.75) is 12.8 Å². The molecule has 0 aliphatic heterocycles. The van der Waals surface area contributed by atoms with E-state index in [1.165, 1.54) is 0 Å². The van der Waals surface area contributed by atoms with Crippen LogP contribution in [0.5, 0.6) is 0 Å². The van der Waals surface area contributed by atoms with E-state index in [4.69, 9.17) is 28.4 Å². The minimum atomic E-state index is 0.0891. The van der Waals surface area contributed by atoms with Crippen molar-refractivity contribution in [1.82, 2.24) is 5.48 Å². The van der Waals surface area contributed by atoms with E-state index in [9.17, 15) is 0 Å². The van der Waals surface area contributed by atoms with Crippen LogP contribution in [0.2, 0.25) is 10.0 Å². The van der Waals surface area contributed by atoms with E-state index in [1.54, 1.807) is 18.2 Å². The van der Waals surface area contributed by atoms with Gasteiger partial charge in [0.25, 0.3) is 0 Å². The van der Waals surface area contributed by atoms with Crippen LogP contribution in [-0.2, 0) is 0 Å². The molecule has 4 heteroatoms. The highest BCUT2D eigenvalue weighted by Crippen LogP contribution is 2.30. The molecule has 1 atom stereocenters. The van der Waals surface area contributed by atoms with E-state index in [-0.39, 0.29) is 5.92 Å². The molecule has 0 saturated heterocycles. The number of hydrogen-bond acceptors (Lipinski definition) is 2. The quantitative estimate of drug-likeness (QED) is 0.767. The summed E-state index contributed by atoms with van der Waals surface area (Å²) in [6.07, 6.45) is 0. The summed E-state index contributed by atoms with van der Waals surface area (Å²) in [6, 6.07) is 5.38. The molecule has 2 N–H and O–H groups in total. The summed E-state index contributed by atoms with van der Waals surface area (Å²) in [5.74, 6) is 0.0891. The average molecular weight is 220 g/mol. The predicted octanol–water partition coefficient (Wildman–Crippen LogP) is 3.08. The summed E-state index contributed by atoms with van der Waals surface area (Å²) in [5.41, 5.74) is 2.97. The van der Waals surface area contributed by atoms with E-state index >= 15 is 0 Å². The van der Waals surface area contributed by atoms with Crippen LogP contribution in [0.3, 0.4) is 0 Å². The minimum Gasteiger partial charge on any atom is -0.317 e. The Kier molecular flexibility index (Phi) is 4.00. The van der Waals surface area contributed by atoms with Crippen LogP contribution in [0.25, 0.3) is 0 Å². The molecule has 1 aromatic carbocycles. The molecule has 0 saturated carbocycles. The molecule has 0 aliphatic rings. The lowest BCUT2D eigenvalue weighted by Gasteiger charge is -2.13. The zero-order valence-electron chi connectivity index (χ0n) is 7.22. The number of hydrogen-bond donors (Lipinski definition) is 2. The highest BCUT2D eigenvalue weighted by Gasteiger charge is 2.12. The first-order valence-corrected chi connectivity index (χ1v) is 4.73. The number of benzene rings is 1. The number of rotatable bonds is 3. The zero-order valence-corrected chi connectivity index (χ0v) is 8.73. The lowest BCUT2D eigenvalue weighted by atomic mass is 10.0. The number of hydroxylamine groups is 1. The zero-order chi connectivity index (χ0) is 9.84. The molecule has 0 amide bonds. The van der Waals surface area contributed by atoms with Gasteiger partial charge in [-0.25, -0.2) is 5.48 Å². The first-order chi connectivity index (χ1) is 6.16. The van der Waals surface area contributed by atoms with Gasteiger partial charge in [-0.15, -0.1) is 0 Å². The largest absolute Gasteiger partial charge is 0.317 e. The minimum absolute atomic E-state index is 0.0891. The SMILES string of the molecule is CC(CNO)c1c(Cl)cccc1Cl. The molecular formula is C9H11Cl2NO. The van der Waals surface area contributed by atoms with Gasteiger partial charge in [0.15, 0.2) is 0 Å². The molecule has 0 aliphatic carbocycles. The van der Waals surface area contributed by atoms with Crippen molar-refractivity contribution < 1.29 is 5.21 Å². The van der Waals surface area contributed by atoms with Crippen LogP contribution in [0.1, 0.15) is 18.4 Å². The van der Waals surface area contributed by atoms with Gasteiger partial charge >= 0.3 is 0 Å². The van der Waals surface area contributed by atoms with Crippen LogP contribution in [-0.4, -0.2) is 11.8 Å². The molecule has 1 unspecified atom stereocenters. The highest BCUT2D eigenvalue weighted by molar-refractivity contribution is 6.36. The summed E-state index contributed by atoms with van der Waals surface area (Å²) in [6.45, 7) is 2.37. The van der Waals surface area contributed by atoms with E-state index in [0.717, 1.165) is 5.56 Å². The van der Waals surface area contributed by atoms with Gasteiger partial charge in [0.05, 0.1) is 0 Å². The Hall–Kier alpha value is -0.280. The van der Waals surface area contributed by atoms with Crippen molar-refractivity contribution in [1.29, 1.82) is 0 Å². The fraction of sp³-hybridized carbons (Fsp3) is 0.333. The van der Waals surface area contributed by atoms with Crippen molar-refractivity contribution in [2.75, 3.05) is 6.54 Å². The molecular weight excluding hydrogens is 209 g/mol. The van der Waals surface area contributed by atoms with Crippen molar-refractivity contribution in [3.8, 4) is 0 Å². The van der Waals surface area contributed by atoms with Crippen molar-refractivity contribution in [3.05, 3.63) is 33.8 Å². The Balaban J connectivity index is 2.98. The van der Waals surface area contributed by atoms with E-state index in [0.29, 0.717) is 16.6 Å². The fourth-order valence-corrected chi connectivity index (χ4v) is 1.99. The second-order valence-corrected chi connectivity index (χ2v) is 3.71. The molecule has 0 bridgehead atoms. The van der Waals surface area contributed by atoms with Crippen LogP contribution in [0.15, 0.2) is 18.2 Å². The topological polar surface area (TPSA) is 32.3 Å². The van der Waals surface area contributed by atoms with E-state index in [2.05, 4.69) is 5.48 Å². The number of halogens is 2. The number of nitrogens with one attached hydrogen (secondary N) is 1. The maximum absolute atomic E-state index is 8.54. The molecule has 13 heavy (non-hydrogen) atoms. The Morgan fingerprint density at radius 3 is 2.38 bits per heavy atom. The summed E-state index contributed by atoms with van der Waals surface area (Å²) in [5, 5.41) is 9.81. The second kappa shape index (κ2) is 4.82. The lowest BCUT2D eigenvalue weighted by molar-refractivity contribution is 0.161. The summed E-state index contributed by atoms with van der Waals surface area (Å²) < 4.78 is 0. The normalized spacial score (nSPS) is 12.9. The van der Waals surface area contributed by atoms with Crippen LogP contribution < -0.4 is 5.48 Å². The highest BCUT2D eigenvalue weighted by atomic mass is 35.5. The third-order valence-electron chi connectivity index (χ3n) is 1.89. The molecule has 0 aromatic heterocycles. The average Bonchev–Trinajstić information content (AvgIpc) is 2.04. The summed E-state index contributed by atoms with van der Waals surface area (Å²) in [4.78, 5) is 0. The van der Waals surface area contributed by atoms with Gasteiger partial charge in [-0.3, -0.25) is 0 Å². The Labute approximate surface area is 87.4 Å². The van der Waals surface area contributed by atoms with Crippen LogP contribution in [0.4, 0.5) is 0 Å².